The number of nitrogens with one attached hydrogen (secondary N) is 3. The van der Waals surface area contributed by atoms with Gasteiger partial charge in [-0.3, -0.25) is 4.79 Å². The van der Waals surface area contributed by atoms with Crippen molar-refractivity contribution < 1.29 is 28.8 Å². The van der Waals surface area contributed by atoms with E-state index in [9.17, 15) is 9.90 Å². The Morgan fingerprint density at radius 1 is 1.10 bits per heavy atom. The molecule has 220 valence electrons. The zero-order valence-corrected chi connectivity index (χ0v) is 23.8. The number of carbonyl (C=O) groups excluding carboxylic acids is 1. The minimum Gasteiger partial charge on any atom is -0.506 e. The van der Waals surface area contributed by atoms with Gasteiger partial charge in [0, 0.05) is 65.4 Å². The second-order valence-corrected chi connectivity index (χ2v) is 10.8. The molecule has 0 saturated carbocycles. The fourth-order valence-corrected chi connectivity index (χ4v) is 5.63. The molecule has 2 aromatic carbocycles. The van der Waals surface area contributed by atoms with E-state index in [-0.39, 0.29) is 29.6 Å². The number of rotatable bonds is 14. The average Bonchev–Trinajstić information content (AvgIpc) is 2.99. The molecule has 4 N–H and O–H groups in total. The summed E-state index contributed by atoms with van der Waals surface area (Å²) in [5, 5.41) is 20.3. The molecule has 0 aromatic heterocycles. The van der Waals surface area contributed by atoms with Crippen LogP contribution >= 0.6 is 0 Å². The Labute approximate surface area is 237 Å². The standard InChI is InChI=1S/C31H45N3O6/c1-37-13-3-12-33-27-16-23(4-9-28(27)35)21-40-29-20-32-18-25(31(29)24-5-7-26(38-2)8-6-24)19-34-30(36)17-22-10-14-39-15-11-22/h4-9,16,22,25,29,31-33,35H,3,10-15,17-21H2,1-2H3,(H,34,36)/t25-,29-,31?/m0/s1. The van der Waals surface area contributed by atoms with Gasteiger partial charge in [-0.05, 0) is 66.5 Å². The molecule has 0 radical (unpaired) electrons. The summed E-state index contributed by atoms with van der Waals surface area (Å²) < 4.78 is 22.5. The molecule has 2 aliphatic heterocycles. The highest BCUT2D eigenvalue weighted by Gasteiger charge is 2.35. The lowest BCUT2D eigenvalue weighted by atomic mass is 9.79. The second kappa shape index (κ2) is 15.8. The van der Waals surface area contributed by atoms with Crippen LogP contribution in [0.3, 0.4) is 0 Å². The van der Waals surface area contributed by atoms with E-state index in [4.69, 9.17) is 18.9 Å². The summed E-state index contributed by atoms with van der Waals surface area (Å²) in [4.78, 5) is 12.8. The van der Waals surface area contributed by atoms with Crippen LogP contribution in [0.2, 0.25) is 0 Å². The van der Waals surface area contributed by atoms with Crippen molar-refractivity contribution >= 4 is 11.6 Å². The maximum atomic E-state index is 12.8. The van der Waals surface area contributed by atoms with Crippen LogP contribution in [0.25, 0.3) is 0 Å². The third-order valence-electron chi connectivity index (χ3n) is 7.90. The molecular weight excluding hydrogens is 510 g/mol. The Balaban J connectivity index is 1.41. The van der Waals surface area contributed by atoms with Crippen LogP contribution in [0.5, 0.6) is 11.5 Å². The van der Waals surface area contributed by atoms with Crippen molar-refractivity contribution in [2.45, 2.75) is 44.3 Å². The van der Waals surface area contributed by atoms with E-state index < -0.39 is 0 Å². The first kappa shape index (κ1) is 30.1. The molecule has 9 heteroatoms. The zero-order chi connectivity index (χ0) is 28.2. The van der Waals surface area contributed by atoms with Crippen molar-refractivity contribution in [2.24, 2.45) is 11.8 Å². The van der Waals surface area contributed by atoms with Gasteiger partial charge in [-0.2, -0.15) is 0 Å². The molecule has 4 rings (SSSR count). The van der Waals surface area contributed by atoms with E-state index in [1.165, 1.54) is 5.56 Å². The van der Waals surface area contributed by atoms with Crippen LogP contribution in [0, 0.1) is 11.8 Å². The molecule has 2 saturated heterocycles. The Morgan fingerprint density at radius 2 is 1.90 bits per heavy atom. The van der Waals surface area contributed by atoms with Gasteiger partial charge in [-0.15, -0.1) is 0 Å². The van der Waals surface area contributed by atoms with Gasteiger partial charge in [0.15, 0.2) is 0 Å². The Kier molecular flexibility index (Phi) is 11.9. The molecule has 9 nitrogen and oxygen atoms in total. The number of methoxy groups -OCH3 is 2. The van der Waals surface area contributed by atoms with Crippen LogP contribution in [-0.4, -0.2) is 77.3 Å². The third-order valence-corrected chi connectivity index (χ3v) is 7.90. The summed E-state index contributed by atoms with van der Waals surface area (Å²) in [6.07, 6.45) is 3.21. The van der Waals surface area contributed by atoms with Crippen LogP contribution in [0.1, 0.15) is 42.7 Å². The summed E-state index contributed by atoms with van der Waals surface area (Å²) in [5.41, 5.74) is 2.84. The van der Waals surface area contributed by atoms with Crippen molar-refractivity contribution in [3.8, 4) is 11.5 Å². The number of carbonyl (C=O) groups is 1. The molecule has 2 fully saturated rings. The van der Waals surface area contributed by atoms with Crippen molar-refractivity contribution in [1.82, 2.24) is 10.6 Å². The van der Waals surface area contributed by atoms with Crippen molar-refractivity contribution in [1.29, 1.82) is 0 Å². The quantitative estimate of drug-likeness (QED) is 0.207. The molecular formula is C31H45N3O6. The summed E-state index contributed by atoms with van der Waals surface area (Å²) in [7, 11) is 3.35. The van der Waals surface area contributed by atoms with Crippen LogP contribution in [0.4, 0.5) is 5.69 Å². The number of phenols is 1. The highest BCUT2D eigenvalue weighted by atomic mass is 16.5. The highest BCUT2D eigenvalue weighted by Crippen LogP contribution is 2.34. The largest absolute Gasteiger partial charge is 0.506 e. The van der Waals surface area contributed by atoms with Crippen molar-refractivity contribution in [3.63, 3.8) is 0 Å². The minimum absolute atomic E-state index is 0.0912. The third kappa shape index (κ3) is 8.83. The van der Waals surface area contributed by atoms with Gasteiger partial charge >= 0.3 is 0 Å². The van der Waals surface area contributed by atoms with E-state index in [0.29, 0.717) is 50.9 Å². The summed E-state index contributed by atoms with van der Waals surface area (Å²) >= 11 is 0. The van der Waals surface area contributed by atoms with E-state index in [0.717, 1.165) is 50.3 Å². The van der Waals surface area contributed by atoms with Gasteiger partial charge in [0.05, 0.1) is 25.5 Å². The number of piperidine rings is 1. The fraction of sp³-hybridized carbons (Fsp3) is 0.581. The van der Waals surface area contributed by atoms with Gasteiger partial charge in [-0.1, -0.05) is 18.2 Å². The number of phenolic OH excluding ortho intramolecular Hbond substituents is 1. The van der Waals surface area contributed by atoms with Crippen molar-refractivity contribution in [2.75, 3.05) is 65.5 Å². The predicted molar refractivity (Wildman–Crippen MR) is 155 cm³/mol. The summed E-state index contributed by atoms with van der Waals surface area (Å²) in [6.45, 7) is 5.36. The predicted octanol–water partition coefficient (Wildman–Crippen LogP) is 3.67. The van der Waals surface area contributed by atoms with Crippen LogP contribution < -0.4 is 20.7 Å². The smallest absolute Gasteiger partial charge is 0.220 e. The number of aromatic hydroxyl groups is 1. The van der Waals surface area contributed by atoms with E-state index in [1.54, 1.807) is 20.3 Å². The number of hydrogen-bond acceptors (Lipinski definition) is 8. The number of anilines is 1. The van der Waals surface area contributed by atoms with Crippen LogP contribution in [-0.2, 0) is 25.6 Å². The SMILES string of the molecule is COCCCNc1cc(CO[C@H]2CNC[C@@H](CNC(=O)CC3CCOCC3)C2c2ccc(OC)cc2)ccc1O. The molecule has 0 spiro atoms. The lowest BCUT2D eigenvalue weighted by Gasteiger charge is -2.39. The first-order chi connectivity index (χ1) is 19.6. The topological polar surface area (TPSA) is 110 Å². The first-order valence-electron chi connectivity index (χ1n) is 14.4. The Hall–Kier alpha value is -2.85. The van der Waals surface area contributed by atoms with Gasteiger partial charge in [-0.25, -0.2) is 0 Å². The van der Waals surface area contributed by atoms with Gasteiger partial charge in [0.1, 0.15) is 11.5 Å². The first-order valence-corrected chi connectivity index (χ1v) is 14.4. The number of benzene rings is 2. The highest BCUT2D eigenvalue weighted by molar-refractivity contribution is 5.76. The minimum atomic E-state index is -0.0912. The molecule has 2 aliphatic rings. The molecule has 3 atom stereocenters. The molecule has 1 amide bonds. The Morgan fingerprint density at radius 3 is 2.65 bits per heavy atom. The second-order valence-electron chi connectivity index (χ2n) is 10.8. The fourth-order valence-electron chi connectivity index (χ4n) is 5.63. The number of hydrogen-bond donors (Lipinski definition) is 4. The van der Waals surface area contributed by atoms with Crippen LogP contribution in [0.15, 0.2) is 42.5 Å². The Bertz CT molecular complexity index is 1040. The summed E-state index contributed by atoms with van der Waals surface area (Å²) in [5.74, 6) is 1.80. The molecule has 1 unspecified atom stereocenters. The lowest BCUT2D eigenvalue weighted by molar-refractivity contribution is -0.123. The maximum absolute atomic E-state index is 12.8. The molecule has 2 heterocycles. The molecule has 0 bridgehead atoms. The zero-order valence-electron chi connectivity index (χ0n) is 23.8. The van der Waals surface area contributed by atoms with E-state index in [1.807, 2.05) is 24.3 Å². The average molecular weight is 556 g/mol. The lowest BCUT2D eigenvalue weighted by Crippen LogP contribution is -2.50. The van der Waals surface area contributed by atoms with Gasteiger partial charge < -0.3 is 40.0 Å². The van der Waals surface area contributed by atoms with Gasteiger partial charge in [0.2, 0.25) is 5.91 Å². The number of ether oxygens (including phenoxy) is 4. The molecule has 2 aromatic rings. The summed E-state index contributed by atoms with van der Waals surface area (Å²) in [6, 6.07) is 13.7. The monoisotopic (exact) mass is 555 g/mol. The normalized spacial score (nSPS) is 21.6. The van der Waals surface area contributed by atoms with Gasteiger partial charge in [0.25, 0.3) is 0 Å². The van der Waals surface area contributed by atoms with E-state index in [2.05, 4.69) is 28.1 Å². The maximum Gasteiger partial charge on any atom is 0.220 e. The molecule has 40 heavy (non-hydrogen) atoms. The molecule has 0 aliphatic carbocycles. The number of amides is 1. The van der Waals surface area contributed by atoms with Crippen molar-refractivity contribution in [3.05, 3.63) is 53.6 Å². The van der Waals surface area contributed by atoms with E-state index >= 15 is 0 Å².